The van der Waals surface area contributed by atoms with Crippen LogP contribution in [0.2, 0.25) is 0 Å². The van der Waals surface area contributed by atoms with Gasteiger partial charge in [0.05, 0.1) is 12.7 Å². The standard InChI is InChI=1S/C10H10N2O3/c1-14-8-4-6(13)2-3-7(8)9-5-10(11)12-15-9/h2-5,13H,1H3,(H2,11,12). The number of hydrogen-bond acceptors (Lipinski definition) is 5. The van der Waals surface area contributed by atoms with Gasteiger partial charge in [-0.2, -0.15) is 0 Å². The molecular weight excluding hydrogens is 196 g/mol. The van der Waals surface area contributed by atoms with Crippen molar-refractivity contribution < 1.29 is 14.4 Å². The molecule has 3 N–H and O–H groups in total. The van der Waals surface area contributed by atoms with Crippen molar-refractivity contribution in [1.82, 2.24) is 5.16 Å². The van der Waals surface area contributed by atoms with Gasteiger partial charge in [-0.1, -0.05) is 5.16 Å². The molecule has 0 radical (unpaired) electrons. The van der Waals surface area contributed by atoms with Crippen LogP contribution in [0.15, 0.2) is 28.8 Å². The highest BCUT2D eigenvalue weighted by atomic mass is 16.5. The molecule has 0 bridgehead atoms. The Balaban J connectivity index is 2.52. The zero-order valence-electron chi connectivity index (χ0n) is 8.10. The van der Waals surface area contributed by atoms with Crippen LogP contribution in [0.4, 0.5) is 5.82 Å². The number of rotatable bonds is 2. The van der Waals surface area contributed by atoms with Gasteiger partial charge in [-0.25, -0.2) is 0 Å². The summed E-state index contributed by atoms with van der Waals surface area (Å²) in [4.78, 5) is 0. The minimum Gasteiger partial charge on any atom is -0.508 e. The van der Waals surface area contributed by atoms with Crippen LogP contribution in [0.5, 0.6) is 11.5 Å². The smallest absolute Gasteiger partial charge is 0.172 e. The molecule has 0 atom stereocenters. The molecule has 0 amide bonds. The molecular formula is C10H10N2O3. The van der Waals surface area contributed by atoms with Gasteiger partial charge in [0.2, 0.25) is 0 Å². The third-order valence-electron chi connectivity index (χ3n) is 1.98. The molecule has 0 unspecified atom stereocenters. The highest BCUT2D eigenvalue weighted by molar-refractivity contribution is 5.68. The fourth-order valence-corrected chi connectivity index (χ4v) is 1.30. The number of nitrogen functional groups attached to an aromatic ring is 1. The quantitative estimate of drug-likeness (QED) is 0.780. The number of nitrogens with two attached hydrogens (primary N) is 1. The molecule has 0 fully saturated rings. The van der Waals surface area contributed by atoms with E-state index in [-0.39, 0.29) is 5.75 Å². The zero-order chi connectivity index (χ0) is 10.8. The zero-order valence-corrected chi connectivity index (χ0v) is 8.10. The summed E-state index contributed by atoms with van der Waals surface area (Å²) in [6.45, 7) is 0. The lowest BCUT2D eigenvalue weighted by atomic mass is 10.1. The van der Waals surface area contributed by atoms with E-state index in [2.05, 4.69) is 5.16 Å². The molecule has 5 nitrogen and oxygen atoms in total. The minimum atomic E-state index is 0.128. The van der Waals surface area contributed by atoms with Crippen LogP contribution in [0.3, 0.4) is 0 Å². The molecule has 15 heavy (non-hydrogen) atoms. The second-order valence-corrected chi connectivity index (χ2v) is 3.00. The Kier molecular flexibility index (Phi) is 2.21. The lowest BCUT2D eigenvalue weighted by molar-refractivity contribution is 0.401. The summed E-state index contributed by atoms with van der Waals surface area (Å²) in [5.41, 5.74) is 6.14. The fraction of sp³-hybridized carbons (Fsp3) is 0.100. The first kappa shape index (κ1) is 9.39. The van der Waals surface area contributed by atoms with E-state index in [1.54, 1.807) is 12.1 Å². The number of methoxy groups -OCH3 is 1. The van der Waals surface area contributed by atoms with E-state index in [1.165, 1.54) is 19.2 Å². The second-order valence-electron chi connectivity index (χ2n) is 3.00. The van der Waals surface area contributed by atoms with Gasteiger partial charge in [0.1, 0.15) is 11.5 Å². The number of phenols is 1. The van der Waals surface area contributed by atoms with E-state index in [0.29, 0.717) is 22.9 Å². The summed E-state index contributed by atoms with van der Waals surface area (Å²) in [6, 6.07) is 6.30. The van der Waals surface area contributed by atoms with Crippen molar-refractivity contribution in [2.75, 3.05) is 12.8 Å². The SMILES string of the molecule is COc1cc(O)ccc1-c1cc(N)no1. The number of hydrogen-bond donors (Lipinski definition) is 2. The van der Waals surface area contributed by atoms with Crippen molar-refractivity contribution in [3.8, 4) is 22.8 Å². The highest BCUT2D eigenvalue weighted by Crippen LogP contribution is 2.33. The first-order valence-electron chi connectivity index (χ1n) is 4.30. The summed E-state index contributed by atoms with van der Waals surface area (Å²) < 4.78 is 10.1. The number of aromatic nitrogens is 1. The highest BCUT2D eigenvalue weighted by Gasteiger charge is 2.11. The van der Waals surface area contributed by atoms with Crippen LogP contribution in [0, 0.1) is 0 Å². The molecule has 0 spiro atoms. The molecule has 1 aromatic carbocycles. The molecule has 2 rings (SSSR count). The van der Waals surface area contributed by atoms with Gasteiger partial charge in [-0.15, -0.1) is 0 Å². The molecule has 1 aromatic heterocycles. The maximum Gasteiger partial charge on any atom is 0.172 e. The molecule has 78 valence electrons. The van der Waals surface area contributed by atoms with E-state index in [0.717, 1.165) is 0 Å². The number of phenolic OH excluding ortho intramolecular Hbond substituents is 1. The van der Waals surface area contributed by atoms with E-state index in [9.17, 15) is 5.11 Å². The first-order valence-corrected chi connectivity index (χ1v) is 4.30. The number of aromatic hydroxyl groups is 1. The molecule has 2 aromatic rings. The Labute approximate surface area is 86.1 Å². The Morgan fingerprint density at radius 1 is 1.40 bits per heavy atom. The molecule has 1 heterocycles. The van der Waals surface area contributed by atoms with E-state index in [1.807, 2.05) is 0 Å². The van der Waals surface area contributed by atoms with Crippen LogP contribution in [0.1, 0.15) is 0 Å². The average molecular weight is 206 g/mol. The largest absolute Gasteiger partial charge is 0.508 e. The Morgan fingerprint density at radius 2 is 2.20 bits per heavy atom. The van der Waals surface area contributed by atoms with Crippen molar-refractivity contribution in [2.24, 2.45) is 0 Å². The van der Waals surface area contributed by atoms with Crippen LogP contribution in [-0.2, 0) is 0 Å². The Bertz CT molecular complexity index is 479. The van der Waals surface area contributed by atoms with E-state index < -0.39 is 0 Å². The fourth-order valence-electron chi connectivity index (χ4n) is 1.30. The summed E-state index contributed by atoms with van der Waals surface area (Å²) in [6.07, 6.45) is 0. The van der Waals surface area contributed by atoms with Crippen molar-refractivity contribution in [2.45, 2.75) is 0 Å². The monoisotopic (exact) mass is 206 g/mol. The van der Waals surface area contributed by atoms with Gasteiger partial charge < -0.3 is 20.1 Å². The van der Waals surface area contributed by atoms with Gasteiger partial charge >= 0.3 is 0 Å². The normalized spacial score (nSPS) is 10.2. The van der Waals surface area contributed by atoms with Crippen LogP contribution >= 0.6 is 0 Å². The minimum absolute atomic E-state index is 0.128. The van der Waals surface area contributed by atoms with Gasteiger partial charge in [0.25, 0.3) is 0 Å². The average Bonchev–Trinajstić information content (AvgIpc) is 2.64. The number of ether oxygens (including phenoxy) is 1. The first-order chi connectivity index (χ1) is 7.20. The molecule has 0 aliphatic rings. The van der Waals surface area contributed by atoms with Gasteiger partial charge in [-0.05, 0) is 12.1 Å². The third-order valence-corrected chi connectivity index (χ3v) is 1.98. The third kappa shape index (κ3) is 1.71. The van der Waals surface area contributed by atoms with Crippen molar-refractivity contribution in [3.05, 3.63) is 24.3 Å². The van der Waals surface area contributed by atoms with Gasteiger partial charge in [0, 0.05) is 12.1 Å². The lowest BCUT2D eigenvalue weighted by Crippen LogP contribution is -1.86. The number of nitrogens with zero attached hydrogens (tertiary/aromatic N) is 1. The summed E-state index contributed by atoms with van der Waals surface area (Å²) in [5.74, 6) is 1.44. The van der Waals surface area contributed by atoms with Gasteiger partial charge in [0.15, 0.2) is 11.6 Å². The molecule has 0 saturated heterocycles. The number of anilines is 1. The van der Waals surface area contributed by atoms with Crippen LogP contribution in [-0.4, -0.2) is 17.4 Å². The maximum absolute atomic E-state index is 9.27. The predicted octanol–water partition coefficient (Wildman–Crippen LogP) is 1.64. The number of benzene rings is 1. The Hall–Kier alpha value is -2.17. The summed E-state index contributed by atoms with van der Waals surface area (Å²) in [7, 11) is 1.51. The van der Waals surface area contributed by atoms with Crippen LogP contribution < -0.4 is 10.5 Å². The summed E-state index contributed by atoms with van der Waals surface area (Å²) >= 11 is 0. The summed E-state index contributed by atoms with van der Waals surface area (Å²) in [5, 5.41) is 12.8. The predicted molar refractivity (Wildman–Crippen MR) is 54.6 cm³/mol. The van der Waals surface area contributed by atoms with Crippen molar-refractivity contribution >= 4 is 5.82 Å². The molecule has 0 aliphatic heterocycles. The molecule has 0 saturated carbocycles. The van der Waals surface area contributed by atoms with Crippen LogP contribution in [0.25, 0.3) is 11.3 Å². The maximum atomic E-state index is 9.27. The lowest BCUT2D eigenvalue weighted by Gasteiger charge is -2.05. The molecule has 0 aliphatic carbocycles. The second kappa shape index (κ2) is 3.53. The van der Waals surface area contributed by atoms with E-state index in [4.69, 9.17) is 15.0 Å². The topological polar surface area (TPSA) is 81.5 Å². The van der Waals surface area contributed by atoms with E-state index >= 15 is 0 Å². The Morgan fingerprint density at radius 3 is 2.80 bits per heavy atom. The van der Waals surface area contributed by atoms with Crippen molar-refractivity contribution in [3.63, 3.8) is 0 Å². The van der Waals surface area contributed by atoms with Crippen molar-refractivity contribution in [1.29, 1.82) is 0 Å². The molecule has 5 heteroatoms. The van der Waals surface area contributed by atoms with Gasteiger partial charge in [-0.3, -0.25) is 0 Å².